The van der Waals surface area contributed by atoms with Crippen LogP contribution >= 0.6 is 11.6 Å². The summed E-state index contributed by atoms with van der Waals surface area (Å²) in [5.74, 6) is -3.18. The fourth-order valence-corrected chi connectivity index (χ4v) is 6.64. The van der Waals surface area contributed by atoms with Crippen molar-refractivity contribution in [3.63, 3.8) is 0 Å². The lowest BCUT2D eigenvalue weighted by atomic mass is 10.0. The topological polar surface area (TPSA) is 131 Å². The first-order chi connectivity index (χ1) is 26.1. The molecule has 0 aliphatic carbocycles. The van der Waals surface area contributed by atoms with E-state index in [-0.39, 0.29) is 36.9 Å². The monoisotopic (exact) mass is 764 g/mol. The van der Waals surface area contributed by atoms with E-state index in [2.05, 4.69) is 25.0 Å². The lowest BCUT2D eigenvalue weighted by Crippen LogP contribution is -2.46. The second kappa shape index (κ2) is 16.0. The molecule has 2 aromatic heterocycles. The number of ether oxygens (including phenoxy) is 4. The number of benzene rings is 3. The summed E-state index contributed by atoms with van der Waals surface area (Å²) < 4.78 is 56.4. The lowest BCUT2D eigenvalue weighted by Gasteiger charge is -2.37. The third kappa shape index (κ3) is 7.95. The maximum absolute atomic E-state index is 14.9. The molecule has 54 heavy (non-hydrogen) atoms. The zero-order chi connectivity index (χ0) is 37.8. The van der Waals surface area contributed by atoms with Crippen LogP contribution in [0, 0.1) is 11.6 Å². The van der Waals surface area contributed by atoms with Crippen molar-refractivity contribution in [1.82, 2.24) is 29.1 Å². The molecular weight excluding hydrogens is 726 g/mol. The number of alkyl halides is 1. The predicted molar refractivity (Wildman–Crippen MR) is 194 cm³/mol. The number of carbonyl (C=O) groups excluding carboxylic acids is 1. The third-order valence-electron chi connectivity index (χ3n) is 9.63. The molecule has 0 spiro atoms. The van der Waals surface area contributed by atoms with Crippen LogP contribution in [-0.4, -0.2) is 92.6 Å². The average Bonchev–Trinajstić information content (AvgIpc) is 3.95. The second-order valence-corrected chi connectivity index (χ2v) is 13.4. The Hall–Kier alpha value is -5.32. The van der Waals surface area contributed by atoms with Crippen molar-refractivity contribution in [1.29, 1.82) is 0 Å². The Morgan fingerprint density at radius 3 is 2.24 bits per heavy atom. The Kier molecular flexibility index (Phi) is 10.9. The molecule has 0 bridgehead atoms. The van der Waals surface area contributed by atoms with Gasteiger partial charge in [-0.3, -0.25) is 4.79 Å². The van der Waals surface area contributed by atoms with Crippen LogP contribution in [-0.2, 0) is 31.3 Å². The van der Waals surface area contributed by atoms with Crippen LogP contribution in [0.1, 0.15) is 25.5 Å². The Balaban J connectivity index is 0.911. The Morgan fingerprint density at radius 2 is 1.61 bits per heavy atom. The summed E-state index contributed by atoms with van der Waals surface area (Å²) in [5.41, 5.74) is 2.51. The molecule has 4 atom stereocenters. The van der Waals surface area contributed by atoms with Gasteiger partial charge in [0.05, 0.1) is 18.3 Å². The molecule has 3 aromatic carbocycles. The second-order valence-electron chi connectivity index (χ2n) is 13.1. The lowest BCUT2D eigenvalue weighted by molar-refractivity contribution is -0.192. The first kappa shape index (κ1) is 37.0. The van der Waals surface area contributed by atoms with Crippen LogP contribution in [0.25, 0.3) is 5.69 Å². The average molecular weight is 765 g/mol. The van der Waals surface area contributed by atoms with E-state index in [0.29, 0.717) is 11.4 Å². The number of hydrogen-bond donors (Lipinski definition) is 0. The number of hydrogen-bond acceptors (Lipinski definition) is 11. The molecule has 0 N–H and O–H groups in total. The molecule has 0 radical (unpaired) electrons. The maximum Gasteiger partial charge on any atom is 0.350 e. The van der Waals surface area contributed by atoms with Crippen LogP contribution in [0.15, 0.2) is 90.5 Å². The molecular formula is C37H39ClF2N8O6. The minimum atomic E-state index is -1.53. The molecule has 7 rings (SSSR count). The number of halogens is 3. The van der Waals surface area contributed by atoms with E-state index in [4.69, 9.17) is 30.5 Å². The number of anilines is 2. The van der Waals surface area contributed by atoms with Crippen LogP contribution in [0.2, 0.25) is 0 Å². The van der Waals surface area contributed by atoms with Crippen molar-refractivity contribution in [3.05, 3.63) is 113 Å². The number of esters is 1. The fourth-order valence-electron chi connectivity index (χ4n) is 6.58. The molecule has 2 fully saturated rings. The zero-order valence-electron chi connectivity index (χ0n) is 29.6. The van der Waals surface area contributed by atoms with Gasteiger partial charge in [0, 0.05) is 49.2 Å². The summed E-state index contributed by atoms with van der Waals surface area (Å²) in [6, 6.07) is 18.4. The van der Waals surface area contributed by atoms with Crippen molar-refractivity contribution >= 4 is 28.9 Å². The molecule has 17 heteroatoms. The number of carbonyl (C=O) groups is 1. The first-order valence-electron chi connectivity index (χ1n) is 17.5. The quantitative estimate of drug-likeness (QED) is 0.126. The molecule has 2 aliphatic heterocycles. The number of nitrogens with zero attached hydrogens (tertiary/aromatic N) is 8. The van der Waals surface area contributed by atoms with E-state index >= 15 is 0 Å². The molecule has 0 saturated carbocycles. The summed E-state index contributed by atoms with van der Waals surface area (Å²) >= 11 is 5.54. The van der Waals surface area contributed by atoms with Crippen molar-refractivity contribution in [2.45, 2.75) is 44.4 Å². The van der Waals surface area contributed by atoms with Crippen molar-refractivity contribution in [2.24, 2.45) is 0 Å². The van der Waals surface area contributed by atoms with E-state index in [1.54, 1.807) is 13.8 Å². The SMILES string of the molecule is CC(OC(=O)CCl)[C@H](C)n1ncn(-c2ccc(N3CCN(c4ccc(OC[C@H]5CO[C@@](Cn6cncn6)(c6ccc(F)cc6F)O5)cc4)CC3)cc2)c1=O. The number of piperazine rings is 1. The highest BCUT2D eigenvalue weighted by molar-refractivity contribution is 6.26. The fraction of sp³-hybridized carbons (Fsp3) is 0.378. The molecule has 2 aliphatic rings. The van der Waals surface area contributed by atoms with Crippen LogP contribution in [0.5, 0.6) is 5.75 Å². The van der Waals surface area contributed by atoms with Gasteiger partial charge in [-0.15, -0.1) is 11.6 Å². The zero-order valence-corrected chi connectivity index (χ0v) is 30.4. The highest BCUT2D eigenvalue weighted by Gasteiger charge is 2.46. The Bertz CT molecular complexity index is 2090. The van der Waals surface area contributed by atoms with Gasteiger partial charge in [0.15, 0.2) is 0 Å². The Morgan fingerprint density at radius 1 is 0.944 bits per heavy atom. The molecule has 14 nitrogen and oxygen atoms in total. The minimum absolute atomic E-state index is 0.0182. The largest absolute Gasteiger partial charge is 0.491 e. The molecule has 5 aromatic rings. The standard InChI is InChI=1S/C37H39ClF2N8O6/c1-25(26(2)53-35(49)18-38)48-36(50)47(24-43-48)30-6-4-28(5-7-30)44-13-15-45(16-14-44)29-8-10-31(11-9-29)51-19-32-20-52-37(54-32,21-46-23-41-22-42-46)33-12-3-27(39)17-34(33)40/h3-12,17,22-26,32H,13-16,18-21H2,1-2H3/t25-,26?,32-,37+/m0/s1. The minimum Gasteiger partial charge on any atom is -0.491 e. The highest BCUT2D eigenvalue weighted by Crippen LogP contribution is 2.38. The summed E-state index contributed by atoms with van der Waals surface area (Å²) in [7, 11) is 0. The van der Waals surface area contributed by atoms with E-state index in [0.717, 1.165) is 49.7 Å². The molecule has 4 heterocycles. The van der Waals surface area contributed by atoms with Crippen LogP contribution in [0.4, 0.5) is 20.2 Å². The van der Waals surface area contributed by atoms with Crippen molar-refractivity contribution in [3.8, 4) is 11.4 Å². The normalized spacial score (nSPS) is 19.8. The van der Waals surface area contributed by atoms with E-state index < -0.39 is 41.6 Å². The van der Waals surface area contributed by atoms with E-state index in [9.17, 15) is 18.4 Å². The van der Waals surface area contributed by atoms with E-state index in [1.807, 2.05) is 48.5 Å². The van der Waals surface area contributed by atoms with Gasteiger partial charge in [0.1, 0.15) is 67.6 Å². The Labute approximate surface area is 314 Å². The van der Waals surface area contributed by atoms with Crippen molar-refractivity contribution < 1.29 is 32.5 Å². The molecule has 0 amide bonds. The van der Waals surface area contributed by atoms with Gasteiger partial charge in [-0.2, -0.15) is 10.2 Å². The summed E-state index contributed by atoms with van der Waals surface area (Å²) in [4.78, 5) is 33.2. The predicted octanol–water partition coefficient (Wildman–Crippen LogP) is 4.31. The van der Waals surface area contributed by atoms with Crippen LogP contribution in [0.3, 0.4) is 0 Å². The summed E-state index contributed by atoms with van der Waals surface area (Å²) in [6.07, 6.45) is 3.18. The molecule has 284 valence electrons. The van der Waals surface area contributed by atoms with Crippen LogP contribution < -0.4 is 20.2 Å². The van der Waals surface area contributed by atoms with Gasteiger partial charge in [-0.05, 0) is 74.5 Å². The summed E-state index contributed by atoms with van der Waals surface area (Å²) in [6.45, 7) is 6.97. The highest BCUT2D eigenvalue weighted by atomic mass is 35.5. The molecule has 2 saturated heterocycles. The van der Waals surface area contributed by atoms with Gasteiger partial charge >= 0.3 is 11.7 Å². The van der Waals surface area contributed by atoms with Gasteiger partial charge in [-0.1, -0.05) is 0 Å². The van der Waals surface area contributed by atoms with Gasteiger partial charge in [0.2, 0.25) is 5.79 Å². The number of aromatic nitrogens is 6. The van der Waals surface area contributed by atoms with Gasteiger partial charge in [0.25, 0.3) is 0 Å². The van der Waals surface area contributed by atoms with Gasteiger partial charge in [-0.25, -0.2) is 32.5 Å². The smallest absolute Gasteiger partial charge is 0.350 e. The summed E-state index contributed by atoms with van der Waals surface area (Å²) in [5, 5.41) is 8.34. The van der Waals surface area contributed by atoms with Gasteiger partial charge < -0.3 is 28.7 Å². The first-order valence-corrected chi connectivity index (χ1v) is 18.0. The molecule has 1 unspecified atom stereocenters. The number of rotatable bonds is 13. The van der Waals surface area contributed by atoms with E-state index in [1.165, 1.54) is 39.0 Å². The maximum atomic E-state index is 14.9. The third-order valence-corrected chi connectivity index (χ3v) is 9.85. The van der Waals surface area contributed by atoms with Crippen molar-refractivity contribution in [2.75, 3.05) is 55.1 Å².